The lowest BCUT2D eigenvalue weighted by atomic mass is 9.97. The molecule has 0 aliphatic rings. The number of aliphatic hydroxyl groups excluding tert-OH is 1. The van der Waals surface area contributed by atoms with Gasteiger partial charge in [-0.15, -0.1) is 0 Å². The van der Waals surface area contributed by atoms with Crippen LogP contribution in [-0.2, 0) is 6.42 Å². The van der Waals surface area contributed by atoms with Gasteiger partial charge in [-0.05, 0) is 42.4 Å². The molecule has 0 fully saturated rings. The number of ether oxygens (including phenoxy) is 1. The van der Waals surface area contributed by atoms with E-state index in [1.165, 1.54) is 11.1 Å². The molecule has 3 heteroatoms. The molecule has 0 amide bonds. The minimum Gasteiger partial charge on any atom is -0.493 e. The number of aryl methyl sites for hydroxylation is 1. The number of hydrogen-bond donors (Lipinski definition) is 2. The van der Waals surface area contributed by atoms with Crippen molar-refractivity contribution < 1.29 is 9.84 Å². The maximum absolute atomic E-state index is 9.52. The van der Waals surface area contributed by atoms with Crippen LogP contribution in [0.3, 0.4) is 0 Å². The first-order valence-corrected chi connectivity index (χ1v) is 7.22. The van der Waals surface area contributed by atoms with Crippen molar-refractivity contribution in [3.8, 4) is 5.75 Å². The van der Waals surface area contributed by atoms with Crippen molar-refractivity contribution in [1.29, 1.82) is 0 Å². The summed E-state index contributed by atoms with van der Waals surface area (Å²) in [7, 11) is 0. The zero-order valence-corrected chi connectivity index (χ0v) is 12.4. The third kappa shape index (κ3) is 5.21. The van der Waals surface area contributed by atoms with Crippen molar-refractivity contribution in [1.82, 2.24) is 0 Å². The Kier molecular flexibility index (Phi) is 6.89. The highest BCUT2D eigenvalue weighted by atomic mass is 16.5. The van der Waals surface area contributed by atoms with Crippen LogP contribution in [0.1, 0.15) is 50.7 Å². The fraction of sp³-hybridized carbons (Fsp3) is 0.625. The summed E-state index contributed by atoms with van der Waals surface area (Å²) in [6.45, 7) is 7.54. The lowest BCUT2D eigenvalue weighted by Gasteiger charge is -2.16. The van der Waals surface area contributed by atoms with E-state index in [0.29, 0.717) is 18.9 Å². The molecule has 0 aliphatic carbocycles. The minimum atomic E-state index is -0.404. The third-order valence-electron chi connectivity index (χ3n) is 3.20. The summed E-state index contributed by atoms with van der Waals surface area (Å²) >= 11 is 0. The van der Waals surface area contributed by atoms with Crippen LogP contribution in [0.15, 0.2) is 18.2 Å². The molecule has 19 heavy (non-hydrogen) atoms. The predicted molar refractivity (Wildman–Crippen MR) is 79.7 cm³/mol. The van der Waals surface area contributed by atoms with Gasteiger partial charge < -0.3 is 15.6 Å². The van der Waals surface area contributed by atoms with E-state index in [2.05, 4.69) is 39.0 Å². The van der Waals surface area contributed by atoms with Crippen molar-refractivity contribution >= 4 is 0 Å². The van der Waals surface area contributed by atoms with Gasteiger partial charge in [0.05, 0.1) is 12.7 Å². The third-order valence-corrected chi connectivity index (χ3v) is 3.20. The molecule has 0 saturated heterocycles. The van der Waals surface area contributed by atoms with Crippen LogP contribution in [0.4, 0.5) is 0 Å². The summed E-state index contributed by atoms with van der Waals surface area (Å²) in [6.07, 6.45) is 2.18. The van der Waals surface area contributed by atoms with Crippen molar-refractivity contribution in [3.05, 3.63) is 29.3 Å². The van der Waals surface area contributed by atoms with E-state index in [9.17, 15) is 5.11 Å². The number of hydrogen-bond acceptors (Lipinski definition) is 3. The van der Waals surface area contributed by atoms with Crippen molar-refractivity contribution in [2.75, 3.05) is 13.2 Å². The molecule has 0 aromatic heterocycles. The zero-order chi connectivity index (χ0) is 14.3. The Bertz CT molecular complexity index is 377. The monoisotopic (exact) mass is 265 g/mol. The number of nitrogens with two attached hydrogens (primary N) is 1. The van der Waals surface area contributed by atoms with E-state index in [-0.39, 0.29) is 0 Å². The van der Waals surface area contributed by atoms with Crippen molar-refractivity contribution in [3.63, 3.8) is 0 Å². The lowest BCUT2D eigenvalue weighted by Crippen LogP contribution is -2.20. The van der Waals surface area contributed by atoms with E-state index in [1.54, 1.807) is 0 Å². The smallest absolute Gasteiger partial charge is 0.122 e. The van der Waals surface area contributed by atoms with E-state index in [1.807, 2.05) is 0 Å². The van der Waals surface area contributed by atoms with Crippen molar-refractivity contribution in [2.24, 2.45) is 5.73 Å². The van der Waals surface area contributed by atoms with Crippen LogP contribution >= 0.6 is 0 Å². The number of rotatable bonds is 8. The molecule has 1 aromatic carbocycles. The molecular weight excluding hydrogens is 238 g/mol. The molecule has 0 bridgehead atoms. The first kappa shape index (κ1) is 16.0. The fourth-order valence-electron chi connectivity index (χ4n) is 2.00. The van der Waals surface area contributed by atoms with Gasteiger partial charge in [0, 0.05) is 6.54 Å². The number of benzene rings is 1. The first-order chi connectivity index (χ1) is 9.08. The average molecular weight is 265 g/mol. The zero-order valence-electron chi connectivity index (χ0n) is 12.4. The minimum absolute atomic E-state index is 0.328. The summed E-state index contributed by atoms with van der Waals surface area (Å²) < 4.78 is 5.78. The summed E-state index contributed by atoms with van der Waals surface area (Å²) in [5, 5.41) is 9.52. The maximum Gasteiger partial charge on any atom is 0.122 e. The summed E-state index contributed by atoms with van der Waals surface area (Å²) in [5.74, 6) is 1.42. The average Bonchev–Trinajstić information content (AvgIpc) is 2.42. The van der Waals surface area contributed by atoms with E-state index in [0.717, 1.165) is 25.2 Å². The van der Waals surface area contributed by atoms with E-state index >= 15 is 0 Å². The van der Waals surface area contributed by atoms with Gasteiger partial charge in [-0.1, -0.05) is 32.9 Å². The highest BCUT2D eigenvalue weighted by Crippen LogP contribution is 2.28. The maximum atomic E-state index is 9.52. The Morgan fingerprint density at radius 3 is 2.63 bits per heavy atom. The van der Waals surface area contributed by atoms with E-state index < -0.39 is 6.10 Å². The Hall–Kier alpha value is -1.06. The molecule has 1 atom stereocenters. The number of aliphatic hydroxyl groups is 1. The van der Waals surface area contributed by atoms with Gasteiger partial charge in [0.15, 0.2) is 0 Å². The topological polar surface area (TPSA) is 55.5 Å². The van der Waals surface area contributed by atoms with Crippen molar-refractivity contribution in [2.45, 2.75) is 52.1 Å². The second kappa shape index (κ2) is 8.18. The second-order valence-corrected chi connectivity index (χ2v) is 5.30. The van der Waals surface area contributed by atoms with Crippen LogP contribution in [0, 0.1) is 0 Å². The SMILES string of the molecule is CCCOc1ccc(CCC(O)CN)cc1C(C)C. The quantitative estimate of drug-likeness (QED) is 0.760. The Morgan fingerprint density at radius 2 is 2.05 bits per heavy atom. The van der Waals surface area contributed by atoms with Gasteiger partial charge in [-0.2, -0.15) is 0 Å². The summed E-state index contributed by atoms with van der Waals surface area (Å²) in [6, 6.07) is 6.33. The van der Waals surface area contributed by atoms with Gasteiger partial charge >= 0.3 is 0 Å². The van der Waals surface area contributed by atoms with Crippen LogP contribution in [0.25, 0.3) is 0 Å². The molecule has 108 valence electrons. The first-order valence-electron chi connectivity index (χ1n) is 7.22. The Balaban J connectivity index is 2.77. The summed E-state index contributed by atoms with van der Waals surface area (Å²) in [4.78, 5) is 0. The molecule has 0 aliphatic heterocycles. The van der Waals surface area contributed by atoms with Crippen LogP contribution in [0.2, 0.25) is 0 Å². The van der Waals surface area contributed by atoms with Crippen LogP contribution in [-0.4, -0.2) is 24.4 Å². The van der Waals surface area contributed by atoms with Gasteiger partial charge in [0.25, 0.3) is 0 Å². The molecule has 1 rings (SSSR count). The van der Waals surface area contributed by atoms with Gasteiger partial charge in [0.2, 0.25) is 0 Å². The van der Waals surface area contributed by atoms with Gasteiger partial charge in [-0.25, -0.2) is 0 Å². The lowest BCUT2D eigenvalue weighted by molar-refractivity contribution is 0.173. The summed E-state index contributed by atoms with van der Waals surface area (Å²) in [5.41, 5.74) is 7.90. The highest BCUT2D eigenvalue weighted by molar-refractivity contribution is 5.39. The Labute approximate surface area is 116 Å². The molecular formula is C16H27NO2. The van der Waals surface area contributed by atoms with Gasteiger partial charge in [0.1, 0.15) is 5.75 Å². The molecule has 0 heterocycles. The Morgan fingerprint density at radius 1 is 1.32 bits per heavy atom. The molecule has 3 N–H and O–H groups in total. The molecule has 1 unspecified atom stereocenters. The van der Waals surface area contributed by atoms with Gasteiger partial charge in [-0.3, -0.25) is 0 Å². The fourth-order valence-corrected chi connectivity index (χ4v) is 2.00. The molecule has 0 radical (unpaired) electrons. The molecule has 0 saturated carbocycles. The highest BCUT2D eigenvalue weighted by Gasteiger charge is 2.10. The second-order valence-electron chi connectivity index (χ2n) is 5.30. The molecule has 1 aromatic rings. The molecule has 0 spiro atoms. The normalized spacial score (nSPS) is 12.7. The van der Waals surface area contributed by atoms with Crippen LogP contribution in [0.5, 0.6) is 5.75 Å². The largest absolute Gasteiger partial charge is 0.493 e. The predicted octanol–water partition coefficient (Wildman–Crippen LogP) is 2.85. The van der Waals surface area contributed by atoms with Crippen LogP contribution < -0.4 is 10.5 Å². The standard InChI is InChI=1S/C16H27NO2/c1-4-9-19-16-8-6-13(5-7-14(18)11-17)10-15(16)12(2)3/h6,8,10,12,14,18H,4-5,7,9,11,17H2,1-3H3. The molecule has 3 nitrogen and oxygen atoms in total. The van der Waals surface area contributed by atoms with E-state index in [4.69, 9.17) is 10.5 Å².